The SMILES string of the molecule is CCCN(C(=O)C(F)(F)F)C1CCc2ccc(O)cc2C1.CCCNC1CCc2ccc(O)cc2C1. The van der Waals surface area contributed by atoms with Crippen LogP contribution in [0.15, 0.2) is 36.4 Å². The van der Waals surface area contributed by atoms with Gasteiger partial charge in [-0.05, 0) is 104 Å². The fraction of sp³-hybridized carbons (Fsp3) is 0.536. The minimum Gasteiger partial charge on any atom is -0.508 e. The van der Waals surface area contributed by atoms with Crippen molar-refractivity contribution >= 4 is 5.91 Å². The molecule has 2 aromatic rings. The summed E-state index contributed by atoms with van der Waals surface area (Å²) in [6.45, 7) is 5.13. The maximum atomic E-state index is 12.7. The molecule has 0 fully saturated rings. The van der Waals surface area contributed by atoms with Crippen LogP contribution in [0.3, 0.4) is 0 Å². The van der Waals surface area contributed by atoms with Crippen molar-refractivity contribution in [2.75, 3.05) is 13.1 Å². The van der Waals surface area contributed by atoms with E-state index in [1.165, 1.54) is 24.0 Å². The largest absolute Gasteiger partial charge is 0.508 e. The predicted molar refractivity (Wildman–Crippen MR) is 134 cm³/mol. The predicted octanol–water partition coefficient (Wildman–Crippen LogP) is 5.30. The Labute approximate surface area is 211 Å². The normalized spacial score (nSPS) is 18.9. The van der Waals surface area contributed by atoms with Crippen LogP contribution in [0.2, 0.25) is 0 Å². The van der Waals surface area contributed by atoms with Crippen LogP contribution in [-0.2, 0) is 30.5 Å². The lowest BCUT2D eigenvalue weighted by Gasteiger charge is -2.35. The van der Waals surface area contributed by atoms with E-state index >= 15 is 0 Å². The summed E-state index contributed by atoms with van der Waals surface area (Å²) < 4.78 is 38.1. The Morgan fingerprint density at radius 3 is 2.06 bits per heavy atom. The lowest BCUT2D eigenvalue weighted by molar-refractivity contribution is -0.188. The molecule has 5 nitrogen and oxygen atoms in total. The average Bonchev–Trinajstić information content (AvgIpc) is 2.84. The van der Waals surface area contributed by atoms with Gasteiger partial charge in [0.2, 0.25) is 0 Å². The van der Waals surface area contributed by atoms with Crippen molar-refractivity contribution in [3.8, 4) is 11.5 Å². The second kappa shape index (κ2) is 12.5. The summed E-state index contributed by atoms with van der Waals surface area (Å²) >= 11 is 0. The number of carbonyl (C=O) groups is 1. The highest BCUT2D eigenvalue weighted by Gasteiger charge is 2.44. The van der Waals surface area contributed by atoms with Gasteiger partial charge in [0.25, 0.3) is 0 Å². The number of aromatic hydroxyl groups is 2. The Bertz CT molecular complexity index is 1030. The zero-order chi connectivity index (χ0) is 26.3. The molecule has 0 aliphatic heterocycles. The molecule has 36 heavy (non-hydrogen) atoms. The molecule has 0 radical (unpaired) electrons. The number of amides is 1. The van der Waals surface area contributed by atoms with Crippen molar-refractivity contribution in [2.24, 2.45) is 0 Å². The van der Waals surface area contributed by atoms with E-state index in [1.807, 2.05) is 6.07 Å². The Morgan fingerprint density at radius 2 is 1.50 bits per heavy atom. The molecule has 0 aromatic heterocycles. The van der Waals surface area contributed by atoms with Crippen LogP contribution in [0.5, 0.6) is 11.5 Å². The highest BCUT2D eigenvalue weighted by Crippen LogP contribution is 2.30. The number of alkyl halides is 3. The molecule has 4 rings (SSSR count). The maximum absolute atomic E-state index is 12.7. The first-order valence-corrected chi connectivity index (χ1v) is 12.8. The van der Waals surface area contributed by atoms with Gasteiger partial charge in [-0.1, -0.05) is 26.0 Å². The van der Waals surface area contributed by atoms with Crippen LogP contribution in [0, 0.1) is 0 Å². The molecule has 2 aliphatic rings. The monoisotopic (exact) mass is 506 g/mol. The molecule has 1 amide bonds. The van der Waals surface area contributed by atoms with E-state index in [9.17, 15) is 28.2 Å². The summed E-state index contributed by atoms with van der Waals surface area (Å²) in [6, 6.07) is 10.8. The van der Waals surface area contributed by atoms with Crippen LogP contribution in [0.4, 0.5) is 13.2 Å². The van der Waals surface area contributed by atoms with E-state index in [2.05, 4.69) is 18.3 Å². The van der Waals surface area contributed by atoms with Gasteiger partial charge in [0.15, 0.2) is 0 Å². The number of hydrogen-bond acceptors (Lipinski definition) is 4. The highest BCUT2D eigenvalue weighted by atomic mass is 19.4. The van der Waals surface area contributed by atoms with E-state index in [0.29, 0.717) is 37.5 Å². The second-order valence-electron chi connectivity index (χ2n) is 9.69. The van der Waals surface area contributed by atoms with Crippen LogP contribution in [0.25, 0.3) is 0 Å². The summed E-state index contributed by atoms with van der Waals surface area (Å²) in [5, 5.41) is 22.5. The maximum Gasteiger partial charge on any atom is 0.471 e. The Morgan fingerprint density at radius 1 is 0.917 bits per heavy atom. The lowest BCUT2D eigenvalue weighted by atomic mass is 9.87. The van der Waals surface area contributed by atoms with Crippen LogP contribution >= 0.6 is 0 Å². The number of benzene rings is 2. The number of carbonyl (C=O) groups excluding carboxylic acids is 1. The smallest absolute Gasteiger partial charge is 0.471 e. The summed E-state index contributed by atoms with van der Waals surface area (Å²) in [7, 11) is 0. The van der Waals surface area contributed by atoms with Gasteiger partial charge in [0, 0.05) is 18.6 Å². The molecular formula is C28H37F3N2O3. The van der Waals surface area contributed by atoms with Gasteiger partial charge in [0.05, 0.1) is 0 Å². The van der Waals surface area contributed by atoms with Crippen molar-refractivity contribution in [1.82, 2.24) is 10.2 Å². The van der Waals surface area contributed by atoms with Crippen LogP contribution in [0.1, 0.15) is 61.8 Å². The highest BCUT2D eigenvalue weighted by molar-refractivity contribution is 5.82. The Kier molecular flexibility index (Phi) is 9.65. The number of hydrogen-bond donors (Lipinski definition) is 3. The molecular weight excluding hydrogens is 469 g/mol. The number of rotatable bonds is 6. The molecule has 0 heterocycles. The molecule has 0 saturated heterocycles. The lowest BCUT2D eigenvalue weighted by Crippen LogP contribution is -2.49. The first-order valence-electron chi connectivity index (χ1n) is 12.8. The second-order valence-corrected chi connectivity index (χ2v) is 9.69. The van der Waals surface area contributed by atoms with Crippen LogP contribution in [-0.4, -0.2) is 52.4 Å². The van der Waals surface area contributed by atoms with Gasteiger partial charge in [-0.3, -0.25) is 4.79 Å². The molecule has 198 valence electrons. The minimum absolute atomic E-state index is 0.0944. The van der Waals surface area contributed by atoms with Gasteiger partial charge < -0.3 is 20.4 Å². The fourth-order valence-electron chi connectivity index (χ4n) is 5.11. The standard InChI is InChI=1S/C15H18F3NO2.C13H19NO/c1-2-7-19(14(21)15(16,17)18)12-5-3-10-4-6-13(20)9-11(10)8-12;1-2-7-14-12-5-3-10-4-6-13(15)9-11(10)8-12/h4,6,9,12,20H,2-3,5,7-8H2,1H3;4,6,9,12,14-15H,2-3,5,7-8H2,1H3. The molecule has 2 unspecified atom stereocenters. The van der Waals surface area contributed by atoms with Crippen molar-refractivity contribution in [1.29, 1.82) is 0 Å². The quantitative estimate of drug-likeness (QED) is 0.497. The number of fused-ring (bicyclic) bond motifs is 2. The third-order valence-corrected chi connectivity index (χ3v) is 6.90. The third kappa shape index (κ3) is 7.38. The Hall–Kier alpha value is -2.74. The summed E-state index contributed by atoms with van der Waals surface area (Å²) in [4.78, 5) is 12.5. The zero-order valence-corrected chi connectivity index (χ0v) is 21.1. The third-order valence-electron chi connectivity index (χ3n) is 6.90. The molecule has 3 N–H and O–H groups in total. The summed E-state index contributed by atoms with van der Waals surface area (Å²) in [5.74, 6) is -1.28. The molecule has 0 bridgehead atoms. The minimum atomic E-state index is -4.84. The van der Waals surface area contributed by atoms with E-state index < -0.39 is 18.1 Å². The topological polar surface area (TPSA) is 72.8 Å². The van der Waals surface area contributed by atoms with Gasteiger partial charge in [-0.2, -0.15) is 13.2 Å². The summed E-state index contributed by atoms with van der Waals surface area (Å²) in [5.41, 5.74) is 4.57. The van der Waals surface area contributed by atoms with E-state index in [-0.39, 0.29) is 12.3 Å². The van der Waals surface area contributed by atoms with Crippen LogP contribution < -0.4 is 5.32 Å². The Balaban J connectivity index is 0.000000212. The average molecular weight is 507 g/mol. The van der Waals surface area contributed by atoms with Crippen molar-refractivity contribution < 1.29 is 28.2 Å². The van der Waals surface area contributed by atoms with Crippen molar-refractivity contribution in [3.05, 3.63) is 58.7 Å². The molecule has 8 heteroatoms. The van der Waals surface area contributed by atoms with Gasteiger partial charge >= 0.3 is 12.1 Å². The number of nitrogens with zero attached hydrogens (tertiary/aromatic N) is 1. The van der Waals surface area contributed by atoms with E-state index in [0.717, 1.165) is 35.4 Å². The van der Waals surface area contributed by atoms with Gasteiger partial charge in [0.1, 0.15) is 11.5 Å². The molecule has 2 aliphatic carbocycles. The van der Waals surface area contributed by atoms with Gasteiger partial charge in [-0.25, -0.2) is 0 Å². The number of aryl methyl sites for hydroxylation is 2. The molecule has 0 saturated carbocycles. The van der Waals surface area contributed by atoms with E-state index in [4.69, 9.17) is 0 Å². The first-order chi connectivity index (χ1) is 17.1. The molecule has 2 atom stereocenters. The van der Waals surface area contributed by atoms with E-state index in [1.54, 1.807) is 31.2 Å². The number of halogens is 3. The zero-order valence-electron chi connectivity index (χ0n) is 21.1. The fourth-order valence-corrected chi connectivity index (χ4v) is 5.11. The molecule has 0 spiro atoms. The number of phenols is 2. The number of nitrogens with one attached hydrogen (secondary N) is 1. The number of phenolic OH excluding ortho intramolecular Hbond substituents is 2. The van der Waals surface area contributed by atoms with Crippen molar-refractivity contribution in [3.63, 3.8) is 0 Å². The summed E-state index contributed by atoms with van der Waals surface area (Å²) in [6.07, 6.45) is 1.72. The van der Waals surface area contributed by atoms with Crippen molar-refractivity contribution in [2.45, 2.75) is 83.5 Å². The molecule has 2 aromatic carbocycles. The van der Waals surface area contributed by atoms with Gasteiger partial charge in [-0.15, -0.1) is 0 Å². The first kappa shape index (κ1) is 27.8.